The van der Waals surface area contributed by atoms with Gasteiger partial charge >= 0.3 is 11.9 Å². The van der Waals surface area contributed by atoms with Gasteiger partial charge in [-0.05, 0) is 35.4 Å². The summed E-state index contributed by atoms with van der Waals surface area (Å²) in [5.74, 6) is -0.201. The van der Waals surface area contributed by atoms with Crippen molar-refractivity contribution in [3.63, 3.8) is 0 Å². The molecule has 8 nitrogen and oxygen atoms in total. The van der Waals surface area contributed by atoms with Crippen molar-refractivity contribution in [1.29, 1.82) is 0 Å². The topological polar surface area (TPSA) is 89.5 Å². The van der Waals surface area contributed by atoms with Crippen LogP contribution in [-0.2, 0) is 19.1 Å². The van der Waals surface area contributed by atoms with Crippen molar-refractivity contribution in [2.24, 2.45) is 11.8 Å². The monoisotopic (exact) mass is 398 g/mol. The minimum atomic E-state index is -0.751. The number of hydrogen-bond donors (Lipinski definition) is 0. The zero-order valence-electron chi connectivity index (χ0n) is 15.7. The Bertz CT molecular complexity index is 998. The Hall–Kier alpha value is -3.42. The first kappa shape index (κ1) is 17.7. The number of methoxy groups -OCH3 is 2. The highest BCUT2D eigenvalue weighted by atomic mass is 16.7. The van der Waals surface area contributed by atoms with Crippen LogP contribution in [0, 0.1) is 11.8 Å². The van der Waals surface area contributed by atoms with Crippen molar-refractivity contribution in [2.75, 3.05) is 21.0 Å². The summed E-state index contributed by atoms with van der Waals surface area (Å²) in [6, 6.07) is 10.4. The van der Waals surface area contributed by atoms with Crippen LogP contribution in [0.15, 0.2) is 36.4 Å². The van der Waals surface area contributed by atoms with Gasteiger partial charge in [-0.25, -0.2) is 0 Å². The van der Waals surface area contributed by atoms with E-state index in [-0.39, 0.29) is 6.79 Å². The lowest BCUT2D eigenvalue weighted by molar-refractivity contribution is -0.154. The van der Waals surface area contributed by atoms with E-state index in [2.05, 4.69) is 0 Å². The molecule has 2 aromatic carbocycles. The first-order valence-corrected chi connectivity index (χ1v) is 9.13. The molecular weight excluding hydrogens is 380 g/mol. The van der Waals surface area contributed by atoms with Gasteiger partial charge in [0, 0.05) is 0 Å². The van der Waals surface area contributed by atoms with E-state index in [0.29, 0.717) is 34.1 Å². The highest BCUT2D eigenvalue weighted by molar-refractivity contribution is 5.89. The Morgan fingerprint density at radius 3 is 2.00 bits per heavy atom. The summed E-state index contributed by atoms with van der Waals surface area (Å²) in [4.78, 5) is 25.4. The fourth-order valence-corrected chi connectivity index (χ4v) is 4.14. The minimum absolute atomic E-state index is 0.138. The maximum Gasteiger partial charge on any atom is 0.314 e. The second kappa shape index (κ2) is 6.58. The predicted octanol–water partition coefficient (Wildman–Crippen LogP) is 2.56. The predicted molar refractivity (Wildman–Crippen MR) is 96.8 cm³/mol. The quantitative estimate of drug-likeness (QED) is 0.726. The Kier molecular flexibility index (Phi) is 4.01. The molecular formula is C21H18O8. The molecule has 4 atom stereocenters. The van der Waals surface area contributed by atoms with Crippen LogP contribution in [-0.4, -0.2) is 33.0 Å². The van der Waals surface area contributed by atoms with Crippen molar-refractivity contribution in [2.45, 2.75) is 12.2 Å². The van der Waals surface area contributed by atoms with Gasteiger partial charge in [0.25, 0.3) is 0 Å². The molecule has 2 fully saturated rings. The summed E-state index contributed by atoms with van der Waals surface area (Å²) < 4.78 is 32.5. The third-order valence-electron chi connectivity index (χ3n) is 5.53. The number of hydrogen-bond acceptors (Lipinski definition) is 8. The van der Waals surface area contributed by atoms with Gasteiger partial charge in [-0.3, -0.25) is 9.59 Å². The van der Waals surface area contributed by atoms with Gasteiger partial charge in [-0.1, -0.05) is 12.1 Å². The Morgan fingerprint density at radius 1 is 0.759 bits per heavy atom. The van der Waals surface area contributed by atoms with E-state index < -0.39 is 36.0 Å². The molecule has 5 rings (SSSR count). The lowest BCUT2D eigenvalue weighted by Crippen LogP contribution is -2.19. The van der Waals surface area contributed by atoms with Crippen LogP contribution in [0.25, 0.3) is 0 Å². The molecule has 3 aliphatic heterocycles. The van der Waals surface area contributed by atoms with Crippen molar-refractivity contribution >= 4 is 11.9 Å². The summed E-state index contributed by atoms with van der Waals surface area (Å²) in [5, 5.41) is 0. The smallest absolute Gasteiger partial charge is 0.314 e. The number of benzene rings is 2. The van der Waals surface area contributed by atoms with Crippen molar-refractivity contribution < 1.29 is 38.0 Å². The van der Waals surface area contributed by atoms with Gasteiger partial charge in [0.1, 0.15) is 24.0 Å². The molecule has 29 heavy (non-hydrogen) atoms. The third kappa shape index (κ3) is 2.66. The lowest BCUT2D eigenvalue weighted by Gasteiger charge is -2.16. The van der Waals surface area contributed by atoms with Crippen molar-refractivity contribution in [3.8, 4) is 23.0 Å². The van der Waals surface area contributed by atoms with Crippen LogP contribution in [0.1, 0.15) is 23.3 Å². The SMILES string of the molecule is COc1ccc([C@H]2OC(=O)[C@@H]3[C@H]2C(=O)O[C@@H]3c2ccc3c(c2)OCO3)cc1OC. The number of carbonyl (C=O) groups excluding carboxylic acids is 2. The van der Waals surface area contributed by atoms with Crippen LogP contribution < -0.4 is 18.9 Å². The summed E-state index contributed by atoms with van der Waals surface area (Å²) in [6.07, 6.45) is -1.49. The molecule has 0 spiro atoms. The van der Waals surface area contributed by atoms with Gasteiger partial charge in [0.15, 0.2) is 23.0 Å². The van der Waals surface area contributed by atoms with E-state index in [1.807, 2.05) is 0 Å². The third-order valence-corrected chi connectivity index (χ3v) is 5.53. The molecule has 3 aliphatic rings. The highest BCUT2D eigenvalue weighted by Gasteiger charge is 2.60. The number of rotatable bonds is 4. The van der Waals surface area contributed by atoms with Gasteiger partial charge < -0.3 is 28.4 Å². The molecule has 2 aromatic rings. The van der Waals surface area contributed by atoms with E-state index in [4.69, 9.17) is 28.4 Å². The van der Waals surface area contributed by atoms with E-state index in [1.54, 1.807) is 36.4 Å². The standard InChI is InChI=1S/C21H18O8/c1-24-12-5-3-10(7-14(12)25-2)18-16-17(21(23)28-18)19(29-20(16)22)11-4-6-13-15(8-11)27-9-26-13/h3-8,16-19H,9H2,1-2H3/t16-,17-,18-,19-/m1/s1. The number of carbonyl (C=O) groups is 2. The lowest BCUT2D eigenvalue weighted by atomic mass is 9.84. The van der Waals surface area contributed by atoms with Crippen LogP contribution >= 0.6 is 0 Å². The fraction of sp³-hybridized carbons (Fsp3) is 0.333. The molecule has 0 bridgehead atoms. The maximum atomic E-state index is 12.7. The van der Waals surface area contributed by atoms with E-state index in [0.717, 1.165) is 0 Å². The van der Waals surface area contributed by atoms with E-state index >= 15 is 0 Å². The fourth-order valence-electron chi connectivity index (χ4n) is 4.14. The van der Waals surface area contributed by atoms with E-state index in [9.17, 15) is 9.59 Å². The van der Waals surface area contributed by atoms with Crippen molar-refractivity contribution in [1.82, 2.24) is 0 Å². The van der Waals surface area contributed by atoms with Gasteiger partial charge in [0.05, 0.1) is 14.2 Å². The molecule has 0 aliphatic carbocycles. The van der Waals surface area contributed by atoms with Gasteiger partial charge in [-0.2, -0.15) is 0 Å². The Morgan fingerprint density at radius 2 is 1.34 bits per heavy atom. The van der Waals surface area contributed by atoms with Gasteiger partial charge in [-0.15, -0.1) is 0 Å². The molecule has 0 amide bonds. The second-order valence-electron chi connectivity index (χ2n) is 6.99. The minimum Gasteiger partial charge on any atom is -0.493 e. The van der Waals surface area contributed by atoms with Crippen molar-refractivity contribution in [3.05, 3.63) is 47.5 Å². The Balaban J connectivity index is 1.48. The molecule has 0 saturated carbocycles. The van der Waals surface area contributed by atoms with Crippen LogP contribution in [0.5, 0.6) is 23.0 Å². The number of esters is 2. The maximum absolute atomic E-state index is 12.7. The average molecular weight is 398 g/mol. The Labute approximate surface area is 166 Å². The van der Waals surface area contributed by atoms with Crippen LogP contribution in [0.4, 0.5) is 0 Å². The second-order valence-corrected chi connectivity index (χ2v) is 6.99. The summed E-state index contributed by atoms with van der Waals surface area (Å²) in [6.45, 7) is 0.138. The normalized spacial score (nSPS) is 26.7. The molecule has 8 heteroatoms. The first-order valence-electron chi connectivity index (χ1n) is 9.13. The average Bonchev–Trinajstić information content (AvgIpc) is 3.43. The molecule has 0 unspecified atom stereocenters. The first-order chi connectivity index (χ1) is 14.1. The molecule has 2 saturated heterocycles. The van der Waals surface area contributed by atoms with Gasteiger partial charge in [0.2, 0.25) is 6.79 Å². The zero-order chi connectivity index (χ0) is 20.1. The molecule has 0 radical (unpaired) electrons. The summed E-state index contributed by atoms with van der Waals surface area (Å²) in [5.41, 5.74) is 1.31. The molecule has 3 heterocycles. The highest BCUT2D eigenvalue weighted by Crippen LogP contribution is 2.53. The molecule has 150 valence electrons. The largest absolute Gasteiger partial charge is 0.493 e. The molecule has 0 aromatic heterocycles. The number of ether oxygens (including phenoxy) is 6. The number of cyclic esters (lactones) is 2. The zero-order valence-corrected chi connectivity index (χ0v) is 15.7. The number of fused-ring (bicyclic) bond motifs is 2. The van der Waals surface area contributed by atoms with E-state index in [1.165, 1.54) is 14.2 Å². The van der Waals surface area contributed by atoms with Crippen LogP contribution in [0.3, 0.4) is 0 Å². The summed E-state index contributed by atoms with van der Waals surface area (Å²) >= 11 is 0. The van der Waals surface area contributed by atoms with Crippen LogP contribution in [0.2, 0.25) is 0 Å². The summed E-state index contributed by atoms with van der Waals surface area (Å²) in [7, 11) is 3.05. The molecule has 0 N–H and O–H groups in total.